The van der Waals surface area contributed by atoms with Crippen LogP contribution in [0.1, 0.15) is 5.56 Å². The van der Waals surface area contributed by atoms with Gasteiger partial charge in [-0.1, -0.05) is 24.3 Å². The van der Waals surface area contributed by atoms with Crippen molar-refractivity contribution in [2.24, 2.45) is 4.99 Å². The normalized spacial score (nSPS) is 11.2. The Morgan fingerprint density at radius 3 is 2.62 bits per heavy atom. The Bertz CT molecular complexity index is 665. The minimum atomic E-state index is -0.362. The zero-order chi connectivity index (χ0) is 17.2. The molecule has 0 aromatic heterocycles. The molecule has 0 saturated carbocycles. The number of rotatable bonds is 7. The Morgan fingerprint density at radius 2 is 1.96 bits per heavy atom. The van der Waals surface area contributed by atoms with E-state index in [0.29, 0.717) is 12.5 Å². The Labute approximate surface area is 146 Å². The molecule has 0 fully saturated rings. The summed E-state index contributed by atoms with van der Waals surface area (Å²) in [4.78, 5) is 5.42. The fourth-order valence-corrected chi connectivity index (χ4v) is 2.87. The molecule has 0 spiro atoms. The Balaban J connectivity index is 1.73. The third kappa shape index (κ3) is 5.77. The molecule has 128 valence electrons. The monoisotopic (exact) mass is 347 g/mol. The van der Waals surface area contributed by atoms with Gasteiger partial charge >= 0.3 is 0 Å². The summed E-state index contributed by atoms with van der Waals surface area (Å²) in [6.45, 7) is 1.28. The highest BCUT2D eigenvalue weighted by Crippen LogP contribution is 2.17. The van der Waals surface area contributed by atoms with Gasteiger partial charge in [0.05, 0.1) is 7.11 Å². The lowest BCUT2D eigenvalue weighted by molar-refractivity contribution is 0.386. The Morgan fingerprint density at radius 1 is 1.17 bits per heavy atom. The van der Waals surface area contributed by atoms with Crippen molar-refractivity contribution in [3.63, 3.8) is 0 Å². The van der Waals surface area contributed by atoms with Crippen LogP contribution in [0.3, 0.4) is 0 Å². The van der Waals surface area contributed by atoms with Crippen molar-refractivity contribution in [3.8, 4) is 5.75 Å². The molecule has 0 radical (unpaired) electrons. The highest BCUT2D eigenvalue weighted by Gasteiger charge is 2.04. The molecular formula is C18H22FN3OS. The first-order valence-electron chi connectivity index (χ1n) is 7.67. The van der Waals surface area contributed by atoms with Gasteiger partial charge in [0.2, 0.25) is 0 Å². The summed E-state index contributed by atoms with van der Waals surface area (Å²) in [6, 6.07) is 15.2. The first-order chi connectivity index (χ1) is 11.7. The third-order valence-corrected chi connectivity index (χ3v) is 4.32. The van der Waals surface area contributed by atoms with E-state index in [2.05, 4.69) is 27.8 Å². The molecule has 0 aliphatic rings. The van der Waals surface area contributed by atoms with Gasteiger partial charge in [-0.25, -0.2) is 4.39 Å². The van der Waals surface area contributed by atoms with Gasteiger partial charge in [0.25, 0.3) is 0 Å². The van der Waals surface area contributed by atoms with E-state index in [0.717, 1.165) is 17.9 Å². The van der Waals surface area contributed by atoms with E-state index in [-0.39, 0.29) is 11.6 Å². The molecule has 0 unspecified atom stereocenters. The van der Waals surface area contributed by atoms with Crippen LogP contribution in [0.25, 0.3) is 0 Å². The average molecular weight is 347 g/mol. The van der Waals surface area contributed by atoms with Crippen LogP contribution in [0.2, 0.25) is 0 Å². The van der Waals surface area contributed by atoms with Gasteiger partial charge in [-0.3, -0.25) is 4.99 Å². The molecular weight excluding hydrogens is 325 g/mol. The number of nitrogens with zero attached hydrogens (tertiary/aromatic N) is 1. The van der Waals surface area contributed by atoms with E-state index < -0.39 is 0 Å². The first kappa shape index (κ1) is 18.1. The summed E-state index contributed by atoms with van der Waals surface area (Å²) < 4.78 is 18.6. The second kappa shape index (κ2) is 9.82. The molecule has 0 aliphatic heterocycles. The van der Waals surface area contributed by atoms with E-state index in [1.165, 1.54) is 18.1 Å². The van der Waals surface area contributed by atoms with E-state index in [1.807, 2.05) is 24.3 Å². The lowest BCUT2D eigenvalue weighted by Crippen LogP contribution is -2.37. The number of guanidine groups is 1. The number of aliphatic imine (C=N–C) groups is 1. The summed E-state index contributed by atoms with van der Waals surface area (Å²) in [7, 11) is 3.17. The van der Waals surface area contributed by atoms with E-state index >= 15 is 0 Å². The van der Waals surface area contributed by atoms with Crippen LogP contribution in [0, 0.1) is 5.82 Å². The highest BCUT2D eigenvalue weighted by molar-refractivity contribution is 7.99. The Hall–Kier alpha value is -2.21. The van der Waals surface area contributed by atoms with Crippen molar-refractivity contribution in [2.75, 3.05) is 26.5 Å². The molecule has 2 aromatic rings. The quantitative estimate of drug-likeness (QED) is 0.349. The van der Waals surface area contributed by atoms with Crippen LogP contribution in [0.5, 0.6) is 5.75 Å². The molecule has 0 bridgehead atoms. The summed E-state index contributed by atoms with van der Waals surface area (Å²) in [6.07, 6.45) is 0. The van der Waals surface area contributed by atoms with Crippen LogP contribution in [0.4, 0.5) is 4.39 Å². The largest absolute Gasteiger partial charge is 0.494 e. The van der Waals surface area contributed by atoms with Crippen molar-refractivity contribution in [2.45, 2.75) is 11.4 Å². The van der Waals surface area contributed by atoms with E-state index in [9.17, 15) is 4.39 Å². The summed E-state index contributed by atoms with van der Waals surface area (Å²) >= 11 is 1.78. The predicted octanol–water partition coefficient (Wildman–Crippen LogP) is 3.29. The maximum absolute atomic E-state index is 13.7. The van der Waals surface area contributed by atoms with Gasteiger partial charge in [-0.05, 0) is 29.8 Å². The highest BCUT2D eigenvalue weighted by atomic mass is 32.2. The molecule has 0 heterocycles. The lowest BCUT2D eigenvalue weighted by Gasteiger charge is -2.12. The van der Waals surface area contributed by atoms with Crippen LogP contribution in [-0.4, -0.2) is 32.4 Å². The van der Waals surface area contributed by atoms with Crippen LogP contribution < -0.4 is 15.4 Å². The fourth-order valence-electron chi connectivity index (χ4n) is 2.08. The smallest absolute Gasteiger partial charge is 0.191 e. The first-order valence-corrected chi connectivity index (χ1v) is 8.66. The number of hydrogen-bond acceptors (Lipinski definition) is 3. The molecule has 0 atom stereocenters. The molecule has 2 N–H and O–H groups in total. The minimum Gasteiger partial charge on any atom is -0.494 e. The SMILES string of the molecule is CN=C(NCCSc1ccccc1)NCc1ccc(OC)c(F)c1. The van der Waals surface area contributed by atoms with Crippen LogP contribution in [0.15, 0.2) is 58.4 Å². The second-order valence-corrected chi connectivity index (χ2v) is 6.15. The number of thioether (sulfide) groups is 1. The van der Waals surface area contributed by atoms with Gasteiger partial charge in [0.1, 0.15) is 0 Å². The molecule has 6 heteroatoms. The van der Waals surface area contributed by atoms with Gasteiger partial charge in [0.15, 0.2) is 17.5 Å². The second-order valence-electron chi connectivity index (χ2n) is 4.98. The van der Waals surface area contributed by atoms with Crippen LogP contribution >= 0.6 is 11.8 Å². The van der Waals surface area contributed by atoms with Crippen molar-refractivity contribution >= 4 is 17.7 Å². The topological polar surface area (TPSA) is 45.7 Å². The number of ether oxygens (including phenoxy) is 1. The number of halogens is 1. The maximum Gasteiger partial charge on any atom is 0.191 e. The van der Waals surface area contributed by atoms with Crippen molar-refractivity contribution in [1.82, 2.24) is 10.6 Å². The maximum atomic E-state index is 13.7. The van der Waals surface area contributed by atoms with E-state index in [1.54, 1.807) is 24.9 Å². The summed E-state index contributed by atoms with van der Waals surface area (Å²) in [5.41, 5.74) is 0.829. The van der Waals surface area contributed by atoms with Gasteiger partial charge in [-0.2, -0.15) is 0 Å². The van der Waals surface area contributed by atoms with Gasteiger partial charge in [0, 0.05) is 30.8 Å². The van der Waals surface area contributed by atoms with Crippen molar-refractivity contribution in [3.05, 3.63) is 59.9 Å². The van der Waals surface area contributed by atoms with Crippen molar-refractivity contribution in [1.29, 1.82) is 0 Å². The number of hydrogen-bond donors (Lipinski definition) is 2. The van der Waals surface area contributed by atoms with E-state index in [4.69, 9.17) is 4.74 Å². The number of methoxy groups -OCH3 is 1. The minimum absolute atomic E-state index is 0.249. The average Bonchev–Trinajstić information content (AvgIpc) is 2.62. The summed E-state index contributed by atoms with van der Waals surface area (Å²) in [5.74, 6) is 1.51. The van der Waals surface area contributed by atoms with Crippen molar-refractivity contribution < 1.29 is 9.13 Å². The molecule has 2 rings (SSSR count). The molecule has 0 amide bonds. The lowest BCUT2D eigenvalue weighted by atomic mass is 10.2. The molecule has 0 aliphatic carbocycles. The number of nitrogens with one attached hydrogen (secondary N) is 2. The Kier molecular flexibility index (Phi) is 7.42. The summed E-state index contributed by atoms with van der Waals surface area (Å²) in [5, 5.41) is 6.42. The number of benzene rings is 2. The molecule has 2 aromatic carbocycles. The van der Waals surface area contributed by atoms with Crippen LogP contribution in [-0.2, 0) is 6.54 Å². The predicted molar refractivity (Wildman–Crippen MR) is 98.3 cm³/mol. The standard InChI is InChI=1S/C18H22FN3OS/c1-20-18(21-10-11-24-15-6-4-3-5-7-15)22-13-14-8-9-17(23-2)16(19)12-14/h3-9,12H,10-11,13H2,1-2H3,(H2,20,21,22). The fraction of sp³-hybridized carbons (Fsp3) is 0.278. The molecule has 24 heavy (non-hydrogen) atoms. The molecule has 0 saturated heterocycles. The van der Waals surface area contributed by atoms with Gasteiger partial charge < -0.3 is 15.4 Å². The third-order valence-electron chi connectivity index (χ3n) is 3.31. The zero-order valence-corrected chi connectivity index (χ0v) is 14.7. The zero-order valence-electron chi connectivity index (χ0n) is 13.9. The molecule has 4 nitrogen and oxygen atoms in total. The van der Waals surface area contributed by atoms with Gasteiger partial charge in [-0.15, -0.1) is 11.8 Å².